The van der Waals surface area contributed by atoms with Gasteiger partial charge in [-0.2, -0.15) is 4.37 Å². The highest BCUT2D eigenvalue weighted by Gasteiger charge is 2.00. The zero-order valence-corrected chi connectivity index (χ0v) is 9.05. The number of halogens is 1. The molecule has 0 saturated heterocycles. The molecule has 1 N–H and O–H groups in total. The molecular formula is C8H7ClN2S2. The lowest BCUT2D eigenvalue weighted by Crippen LogP contribution is -1.96. The lowest BCUT2D eigenvalue weighted by Gasteiger charge is -2.00. The maximum Gasteiger partial charge on any atom is 0.0978 e. The molecule has 2 nitrogen and oxygen atoms in total. The van der Waals surface area contributed by atoms with Crippen LogP contribution in [-0.4, -0.2) is 4.37 Å². The van der Waals surface area contributed by atoms with Gasteiger partial charge in [-0.05, 0) is 23.0 Å². The van der Waals surface area contributed by atoms with Crippen molar-refractivity contribution in [1.82, 2.24) is 4.37 Å². The number of hydrogen-bond donors (Lipinski definition) is 1. The molecule has 0 radical (unpaired) electrons. The molecule has 0 saturated carbocycles. The average molecular weight is 231 g/mol. The van der Waals surface area contributed by atoms with Crippen molar-refractivity contribution in [3.8, 4) is 0 Å². The largest absolute Gasteiger partial charge is 0.379 e. The van der Waals surface area contributed by atoms with Crippen molar-refractivity contribution in [1.29, 1.82) is 0 Å². The lowest BCUT2D eigenvalue weighted by molar-refractivity contribution is 1.17. The van der Waals surface area contributed by atoms with E-state index >= 15 is 0 Å². The van der Waals surface area contributed by atoms with Gasteiger partial charge >= 0.3 is 0 Å². The highest BCUT2D eigenvalue weighted by molar-refractivity contribution is 7.14. The third-order valence-corrected chi connectivity index (χ3v) is 3.45. The van der Waals surface area contributed by atoms with Crippen LogP contribution in [-0.2, 0) is 6.54 Å². The molecule has 0 aliphatic heterocycles. The number of thiophene rings is 1. The van der Waals surface area contributed by atoms with E-state index in [1.165, 1.54) is 11.5 Å². The van der Waals surface area contributed by atoms with Gasteiger partial charge in [-0.1, -0.05) is 11.6 Å². The first-order valence-corrected chi connectivity index (χ1v) is 5.81. The highest BCUT2D eigenvalue weighted by atomic mass is 35.5. The molecule has 0 aliphatic rings. The topological polar surface area (TPSA) is 24.9 Å². The van der Waals surface area contributed by atoms with Gasteiger partial charge in [-0.15, -0.1) is 11.3 Å². The summed E-state index contributed by atoms with van der Waals surface area (Å²) in [4.78, 5) is 0. The van der Waals surface area contributed by atoms with Gasteiger partial charge < -0.3 is 5.32 Å². The number of aromatic nitrogens is 1. The number of hydrogen-bond acceptors (Lipinski definition) is 4. The van der Waals surface area contributed by atoms with Crippen molar-refractivity contribution >= 4 is 40.2 Å². The first kappa shape index (κ1) is 8.99. The molecule has 0 atom stereocenters. The van der Waals surface area contributed by atoms with Crippen LogP contribution in [0, 0.1) is 0 Å². The minimum atomic E-state index is 0.765. The van der Waals surface area contributed by atoms with Crippen LogP contribution >= 0.6 is 34.5 Å². The van der Waals surface area contributed by atoms with Gasteiger partial charge in [0, 0.05) is 17.5 Å². The fourth-order valence-corrected chi connectivity index (χ4v) is 2.36. The summed E-state index contributed by atoms with van der Waals surface area (Å²) in [5.74, 6) is 0. The average Bonchev–Trinajstić information content (AvgIpc) is 2.72. The zero-order valence-electron chi connectivity index (χ0n) is 6.66. The number of nitrogens with zero attached hydrogens (tertiary/aromatic N) is 1. The second-order valence-electron chi connectivity index (χ2n) is 2.49. The highest BCUT2D eigenvalue weighted by Crippen LogP contribution is 2.23. The number of nitrogens with one attached hydrogen (secondary N) is 1. The van der Waals surface area contributed by atoms with Gasteiger partial charge in [0.25, 0.3) is 0 Å². The second kappa shape index (κ2) is 4.09. The summed E-state index contributed by atoms with van der Waals surface area (Å²) < 4.78 is 4.85. The van der Waals surface area contributed by atoms with Gasteiger partial charge in [-0.3, -0.25) is 0 Å². The van der Waals surface area contributed by atoms with Crippen LogP contribution in [0.4, 0.5) is 5.69 Å². The van der Waals surface area contributed by atoms with Crippen molar-refractivity contribution in [3.63, 3.8) is 0 Å². The molecule has 2 rings (SSSR count). The SMILES string of the molecule is Clc1sccc1CNc1cnsc1. The molecule has 2 aromatic rings. The summed E-state index contributed by atoms with van der Waals surface area (Å²) in [5.41, 5.74) is 2.19. The molecule has 0 aliphatic carbocycles. The van der Waals surface area contributed by atoms with E-state index in [9.17, 15) is 0 Å². The monoisotopic (exact) mass is 230 g/mol. The normalized spacial score (nSPS) is 10.2. The molecule has 13 heavy (non-hydrogen) atoms. The Labute approximate surface area is 89.3 Å². The van der Waals surface area contributed by atoms with E-state index in [2.05, 4.69) is 9.69 Å². The van der Waals surface area contributed by atoms with Crippen molar-refractivity contribution in [2.75, 3.05) is 5.32 Å². The van der Waals surface area contributed by atoms with Crippen molar-refractivity contribution in [2.24, 2.45) is 0 Å². The van der Waals surface area contributed by atoms with Gasteiger partial charge in [0.05, 0.1) is 16.2 Å². The van der Waals surface area contributed by atoms with Crippen molar-refractivity contribution < 1.29 is 0 Å². The Hall–Kier alpha value is -0.580. The van der Waals surface area contributed by atoms with E-state index in [4.69, 9.17) is 11.6 Å². The van der Waals surface area contributed by atoms with E-state index in [0.29, 0.717) is 0 Å². The van der Waals surface area contributed by atoms with E-state index in [1.54, 1.807) is 11.3 Å². The Kier molecular flexibility index (Phi) is 2.83. The third kappa shape index (κ3) is 2.21. The van der Waals surface area contributed by atoms with Crippen molar-refractivity contribution in [2.45, 2.75) is 6.54 Å². The summed E-state index contributed by atoms with van der Waals surface area (Å²) in [6, 6.07) is 2.03. The summed E-state index contributed by atoms with van der Waals surface area (Å²) in [6.45, 7) is 0.765. The number of rotatable bonds is 3. The van der Waals surface area contributed by atoms with E-state index in [-0.39, 0.29) is 0 Å². The second-order valence-corrected chi connectivity index (χ2v) is 4.66. The van der Waals surface area contributed by atoms with Gasteiger partial charge in [0.2, 0.25) is 0 Å². The molecule has 2 heterocycles. The first-order valence-electron chi connectivity index (χ1n) is 3.71. The first-order chi connectivity index (χ1) is 6.36. The standard InChI is InChI=1S/C8H7ClN2S2/c9-8-6(1-2-12-8)3-10-7-4-11-13-5-7/h1-2,4-5,10H,3H2. The molecule has 0 amide bonds. The minimum Gasteiger partial charge on any atom is -0.379 e. The van der Waals surface area contributed by atoms with Gasteiger partial charge in [0.15, 0.2) is 0 Å². The molecule has 0 aromatic carbocycles. The van der Waals surface area contributed by atoms with Crippen LogP contribution in [0.3, 0.4) is 0 Å². The summed E-state index contributed by atoms with van der Waals surface area (Å²) in [6.07, 6.45) is 1.81. The van der Waals surface area contributed by atoms with Gasteiger partial charge in [0.1, 0.15) is 0 Å². The van der Waals surface area contributed by atoms with Crippen LogP contribution in [0.15, 0.2) is 23.0 Å². The third-order valence-electron chi connectivity index (χ3n) is 1.61. The van der Waals surface area contributed by atoms with Crippen LogP contribution < -0.4 is 5.32 Å². The van der Waals surface area contributed by atoms with Crippen LogP contribution in [0.2, 0.25) is 4.34 Å². The summed E-state index contributed by atoms with van der Waals surface area (Å²) in [7, 11) is 0. The fourth-order valence-electron chi connectivity index (χ4n) is 0.935. The Balaban J connectivity index is 1.97. The molecule has 0 unspecified atom stereocenters. The smallest absolute Gasteiger partial charge is 0.0978 e. The van der Waals surface area contributed by atoms with Crippen LogP contribution in [0.5, 0.6) is 0 Å². The van der Waals surface area contributed by atoms with Crippen molar-refractivity contribution in [3.05, 3.63) is 32.9 Å². The minimum absolute atomic E-state index is 0.765. The van der Waals surface area contributed by atoms with E-state index < -0.39 is 0 Å². The summed E-state index contributed by atoms with van der Waals surface area (Å²) in [5, 5.41) is 7.20. The zero-order chi connectivity index (χ0) is 9.10. The molecule has 0 fully saturated rings. The Bertz CT molecular complexity index is 369. The van der Waals surface area contributed by atoms with E-state index in [1.807, 2.05) is 23.0 Å². The predicted octanol–water partition coefficient (Wildman–Crippen LogP) is 3.47. The molecule has 2 aromatic heterocycles. The van der Waals surface area contributed by atoms with E-state index in [0.717, 1.165) is 22.1 Å². The maximum atomic E-state index is 5.95. The quantitative estimate of drug-likeness (QED) is 0.874. The number of anilines is 1. The Morgan fingerprint density at radius 3 is 3.08 bits per heavy atom. The molecular weight excluding hydrogens is 224 g/mol. The maximum absolute atomic E-state index is 5.95. The Morgan fingerprint density at radius 1 is 1.54 bits per heavy atom. The Morgan fingerprint density at radius 2 is 2.46 bits per heavy atom. The molecule has 0 bridgehead atoms. The lowest BCUT2D eigenvalue weighted by atomic mass is 10.3. The molecule has 5 heteroatoms. The fraction of sp³-hybridized carbons (Fsp3) is 0.125. The summed E-state index contributed by atoms with van der Waals surface area (Å²) >= 11 is 8.94. The van der Waals surface area contributed by atoms with Gasteiger partial charge in [-0.25, -0.2) is 0 Å². The van der Waals surface area contributed by atoms with Crippen LogP contribution in [0.25, 0.3) is 0 Å². The molecule has 0 spiro atoms. The molecule has 68 valence electrons. The predicted molar refractivity (Wildman–Crippen MR) is 58.8 cm³/mol. The van der Waals surface area contributed by atoms with Crippen LogP contribution in [0.1, 0.15) is 5.56 Å².